The summed E-state index contributed by atoms with van der Waals surface area (Å²) < 4.78 is 5.46. The van der Waals surface area contributed by atoms with E-state index >= 15 is 0 Å². The van der Waals surface area contributed by atoms with E-state index in [1.54, 1.807) is 30.5 Å². The molecule has 0 fully saturated rings. The summed E-state index contributed by atoms with van der Waals surface area (Å²) in [5.74, 6) is 0.181. The molecule has 1 amide bonds. The second kappa shape index (κ2) is 4.45. The topological polar surface area (TPSA) is 81.1 Å². The van der Waals surface area contributed by atoms with Crippen LogP contribution in [0.5, 0.6) is 0 Å². The molecule has 0 bridgehead atoms. The Bertz CT molecular complexity index is 716. The maximum atomic E-state index is 12.0. The summed E-state index contributed by atoms with van der Waals surface area (Å²) in [6.45, 7) is 0. The number of hydrogen-bond donors (Lipinski definition) is 2. The predicted octanol–water partition coefficient (Wildman–Crippen LogP) is 2.66. The fourth-order valence-corrected chi connectivity index (χ4v) is 1.79. The molecular weight excluding hydrogens is 242 g/mol. The predicted molar refractivity (Wildman–Crippen MR) is 72.8 cm³/mol. The van der Waals surface area contributed by atoms with Gasteiger partial charge in [0.1, 0.15) is 5.58 Å². The normalized spacial score (nSPS) is 10.5. The number of benzene rings is 1. The number of rotatable bonds is 2. The van der Waals surface area contributed by atoms with E-state index in [-0.39, 0.29) is 11.7 Å². The molecule has 0 spiro atoms. The van der Waals surface area contributed by atoms with E-state index in [1.807, 2.05) is 18.2 Å². The second-order valence-corrected chi connectivity index (χ2v) is 4.04. The SMILES string of the molecule is Nc1cccnc1NC(=O)c1cc2ccccc2o1. The lowest BCUT2D eigenvalue weighted by molar-refractivity contribution is 0.0998. The third kappa shape index (κ3) is 2.13. The van der Waals surface area contributed by atoms with Gasteiger partial charge in [-0.2, -0.15) is 0 Å². The molecular formula is C14H11N3O2. The van der Waals surface area contributed by atoms with Crippen LogP contribution in [-0.4, -0.2) is 10.9 Å². The smallest absolute Gasteiger partial charge is 0.292 e. The molecule has 0 radical (unpaired) electrons. The summed E-state index contributed by atoms with van der Waals surface area (Å²) in [4.78, 5) is 16.0. The van der Waals surface area contributed by atoms with Gasteiger partial charge in [0.2, 0.25) is 0 Å². The molecule has 1 aromatic carbocycles. The van der Waals surface area contributed by atoms with Crippen molar-refractivity contribution >= 4 is 28.4 Å². The Labute approximate surface area is 109 Å². The Morgan fingerprint density at radius 1 is 1.21 bits per heavy atom. The minimum atomic E-state index is -0.374. The highest BCUT2D eigenvalue weighted by Crippen LogP contribution is 2.20. The third-order valence-electron chi connectivity index (χ3n) is 2.72. The van der Waals surface area contributed by atoms with Crippen molar-refractivity contribution in [3.63, 3.8) is 0 Å². The molecule has 3 aromatic rings. The van der Waals surface area contributed by atoms with Gasteiger partial charge in [-0.3, -0.25) is 4.79 Å². The van der Waals surface area contributed by atoms with Crippen LogP contribution in [0.2, 0.25) is 0 Å². The monoisotopic (exact) mass is 253 g/mol. The number of furan rings is 1. The molecule has 2 heterocycles. The van der Waals surface area contributed by atoms with Gasteiger partial charge in [0.15, 0.2) is 11.6 Å². The number of nitrogens with two attached hydrogens (primary N) is 1. The number of nitrogens with one attached hydrogen (secondary N) is 1. The fraction of sp³-hybridized carbons (Fsp3) is 0. The van der Waals surface area contributed by atoms with Crippen LogP contribution in [0.1, 0.15) is 10.6 Å². The maximum Gasteiger partial charge on any atom is 0.292 e. The average Bonchev–Trinajstić information content (AvgIpc) is 2.85. The quantitative estimate of drug-likeness (QED) is 0.735. The first kappa shape index (κ1) is 11.3. The zero-order valence-electron chi connectivity index (χ0n) is 9.96. The van der Waals surface area contributed by atoms with Gasteiger partial charge in [0.05, 0.1) is 5.69 Å². The van der Waals surface area contributed by atoms with Gasteiger partial charge in [-0.25, -0.2) is 4.98 Å². The Morgan fingerprint density at radius 2 is 2.05 bits per heavy atom. The molecule has 0 unspecified atom stereocenters. The summed E-state index contributed by atoms with van der Waals surface area (Å²) in [7, 11) is 0. The number of fused-ring (bicyclic) bond motifs is 1. The van der Waals surface area contributed by atoms with Crippen molar-refractivity contribution in [1.29, 1.82) is 0 Å². The lowest BCUT2D eigenvalue weighted by atomic mass is 10.2. The van der Waals surface area contributed by atoms with Crippen molar-refractivity contribution < 1.29 is 9.21 Å². The van der Waals surface area contributed by atoms with E-state index in [0.717, 1.165) is 5.39 Å². The number of para-hydroxylation sites is 1. The van der Waals surface area contributed by atoms with Crippen molar-refractivity contribution in [2.24, 2.45) is 0 Å². The summed E-state index contributed by atoms with van der Waals surface area (Å²) in [5, 5.41) is 3.50. The molecule has 0 atom stereocenters. The van der Waals surface area contributed by atoms with Crippen LogP contribution in [0.3, 0.4) is 0 Å². The number of hydrogen-bond acceptors (Lipinski definition) is 4. The first-order valence-corrected chi connectivity index (χ1v) is 5.74. The number of pyridine rings is 1. The highest BCUT2D eigenvalue weighted by molar-refractivity contribution is 6.05. The molecule has 2 aromatic heterocycles. The van der Waals surface area contributed by atoms with Gasteiger partial charge in [-0.1, -0.05) is 18.2 Å². The van der Waals surface area contributed by atoms with Crippen molar-refractivity contribution in [2.75, 3.05) is 11.1 Å². The number of anilines is 2. The Balaban J connectivity index is 1.90. The van der Waals surface area contributed by atoms with E-state index in [9.17, 15) is 4.79 Å². The van der Waals surface area contributed by atoms with Crippen LogP contribution >= 0.6 is 0 Å². The molecule has 0 aliphatic heterocycles. The number of carbonyl (C=O) groups is 1. The first-order chi connectivity index (χ1) is 9.24. The molecule has 0 saturated heterocycles. The highest BCUT2D eigenvalue weighted by atomic mass is 16.3. The molecule has 5 nitrogen and oxygen atoms in total. The average molecular weight is 253 g/mol. The fourth-order valence-electron chi connectivity index (χ4n) is 1.79. The standard InChI is InChI=1S/C14H11N3O2/c15-10-5-3-7-16-13(10)17-14(18)12-8-9-4-1-2-6-11(9)19-12/h1-8H,15H2,(H,16,17,18). The highest BCUT2D eigenvalue weighted by Gasteiger charge is 2.13. The van der Waals surface area contributed by atoms with E-state index in [2.05, 4.69) is 10.3 Å². The zero-order valence-corrected chi connectivity index (χ0v) is 9.96. The Morgan fingerprint density at radius 3 is 2.84 bits per heavy atom. The van der Waals surface area contributed by atoms with Crippen LogP contribution in [0, 0.1) is 0 Å². The largest absolute Gasteiger partial charge is 0.451 e. The van der Waals surface area contributed by atoms with Crippen LogP contribution < -0.4 is 11.1 Å². The lowest BCUT2D eigenvalue weighted by Gasteiger charge is -2.04. The number of nitrogens with zero attached hydrogens (tertiary/aromatic N) is 1. The van der Waals surface area contributed by atoms with Crippen molar-refractivity contribution in [3.05, 3.63) is 54.4 Å². The van der Waals surface area contributed by atoms with Gasteiger partial charge < -0.3 is 15.5 Å². The van der Waals surface area contributed by atoms with Crippen LogP contribution in [-0.2, 0) is 0 Å². The number of aromatic nitrogens is 1. The number of carbonyl (C=O) groups excluding carboxylic acids is 1. The van der Waals surface area contributed by atoms with Crippen molar-refractivity contribution in [1.82, 2.24) is 4.98 Å². The summed E-state index contributed by atoms with van der Waals surface area (Å²) >= 11 is 0. The molecule has 3 rings (SSSR count). The Hall–Kier alpha value is -2.82. The van der Waals surface area contributed by atoms with Crippen molar-refractivity contribution in [3.8, 4) is 0 Å². The van der Waals surface area contributed by atoms with Crippen LogP contribution in [0.4, 0.5) is 11.5 Å². The molecule has 0 aliphatic rings. The van der Waals surface area contributed by atoms with E-state index in [4.69, 9.17) is 10.2 Å². The number of nitrogen functional groups attached to an aromatic ring is 1. The van der Waals surface area contributed by atoms with E-state index < -0.39 is 0 Å². The van der Waals surface area contributed by atoms with Gasteiger partial charge in [0.25, 0.3) is 5.91 Å². The molecule has 0 saturated carbocycles. The lowest BCUT2D eigenvalue weighted by Crippen LogP contribution is -2.13. The van der Waals surface area contributed by atoms with Gasteiger partial charge in [0, 0.05) is 11.6 Å². The summed E-state index contributed by atoms with van der Waals surface area (Å²) in [6.07, 6.45) is 1.56. The first-order valence-electron chi connectivity index (χ1n) is 5.74. The van der Waals surface area contributed by atoms with Gasteiger partial charge >= 0.3 is 0 Å². The zero-order chi connectivity index (χ0) is 13.2. The molecule has 5 heteroatoms. The maximum absolute atomic E-state index is 12.0. The number of amides is 1. The van der Waals surface area contributed by atoms with Crippen LogP contribution in [0.15, 0.2) is 53.1 Å². The Kier molecular flexibility index (Phi) is 2.64. The molecule has 0 aliphatic carbocycles. The minimum Gasteiger partial charge on any atom is -0.451 e. The minimum absolute atomic E-state index is 0.228. The van der Waals surface area contributed by atoms with Gasteiger partial charge in [-0.05, 0) is 24.3 Å². The third-order valence-corrected chi connectivity index (χ3v) is 2.72. The van der Waals surface area contributed by atoms with Gasteiger partial charge in [-0.15, -0.1) is 0 Å². The molecule has 19 heavy (non-hydrogen) atoms. The molecule has 94 valence electrons. The van der Waals surface area contributed by atoms with E-state index in [1.165, 1.54) is 0 Å². The summed E-state index contributed by atoms with van der Waals surface area (Å²) in [6, 6.07) is 12.5. The summed E-state index contributed by atoms with van der Waals surface area (Å²) in [5.41, 5.74) is 6.79. The van der Waals surface area contributed by atoms with E-state index in [0.29, 0.717) is 17.1 Å². The second-order valence-electron chi connectivity index (χ2n) is 4.04. The van der Waals surface area contributed by atoms with Crippen LogP contribution in [0.25, 0.3) is 11.0 Å². The van der Waals surface area contributed by atoms with Crippen molar-refractivity contribution in [2.45, 2.75) is 0 Å². The molecule has 3 N–H and O–H groups in total.